The van der Waals surface area contributed by atoms with Crippen molar-refractivity contribution in [2.45, 2.75) is 18.9 Å². The zero-order valence-corrected chi connectivity index (χ0v) is 14.5. The lowest BCUT2D eigenvalue weighted by Crippen LogP contribution is -2.42. The maximum Gasteiger partial charge on any atom is 0.267 e. The molecule has 0 bridgehead atoms. The Hall–Kier alpha value is -2.93. The van der Waals surface area contributed by atoms with E-state index < -0.39 is 5.91 Å². The summed E-state index contributed by atoms with van der Waals surface area (Å²) in [5.41, 5.74) is 7.17. The fourth-order valence-electron chi connectivity index (χ4n) is 3.05. The number of aromatic nitrogens is 1. The number of nitrogens with one attached hydrogen (secondary N) is 2. The van der Waals surface area contributed by atoms with Crippen molar-refractivity contribution < 1.29 is 9.59 Å². The summed E-state index contributed by atoms with van der Waals surface area (Å²) in [6.07, 6.45) is 3.42. The first-order valence-corrected chi connectivity index (χ1v) is 8.70. The highest BCUT2D eigenvalue weighted by Gasteiger charge is 2.21. The Morgan fingerprint density at radius 1 is 1.12 bits per heavy atom. The first-order valence-electron chi connectivity index (χ1n) is 8.70. The fraction of sp³-hybridized carbons (Fsp3) is 0.316. The van der Waals surface area contributed by atoms with Crippen LogP contribution in [0.3, 0.4) is 0 Å². The maximum absolute atomic E-state index is 12.1. The molecule has 0 unspecified atom stereocenters. The van der Waals surface area contributed by atoms with Gasteiger partial charge in [0.2, 0.25) is 5.91 Å². The minimum atomic E-state index is -0.534. The molecule has 7 heteroatoms. The summed E-state index contributed by atoms with van der Waals surface area (Å²) < 4.78 is 0. The van der Waals surface area contributed by atoms with Crippen molar-refractivity contribution in [2.75, 3.05) is 30.3 Å². The number of hydrogen-bond donors (Lipinski definition) is 3. The van der Waals surface area contributed by atoms with Gasteiger partial charge in [-0.1, -0.05) is 18.2 Å². The van der Waals surface area contributed by atoms with Crippen LogP contribution >= 0.6 is 0 Å². The zero-order chi connectivity index (χ0) is 18.4. The molecular weight excluding hydrogens is 330 g/mol. The molecule has 1 aliphatic rings. The van der Waals surface area contributed by atoms with Crippen LogP contribution in [0.15, 0.2) is 48.7 Å². The number of carbonyl (C=O) groups is 2. The number of rotatable bonds is 6. The van der Waals surface area contributed by atoms with Crippen molar-refractivity contribution in [3.8, 4) is 0 Å². The minimum Gasteiger partial charge on any atom is -0.382 e. The highest BCUT2D eigenvalue weighted by molar-refractivity contribution is 5.92. The van der Waals surface area contributed by atoms with Crippen LogP contribution in [-0.2, 0) is 4.79 Å². The lowest BCUT2D eigenvalue weighted by Gasteiger charge is -2.32. The molecule has 1 aromatic carbocycles. The van der Waals surface area contributed by atoms with Gasteiger partial charge in [0.1, 0.15) is 5.69 Å². The van der Waals surface area contributed by atoms with Crippen LogP contribution in [0.5, 0.6) is 0 Å². The van der Waals surface area contributed by atoms with Crippen LogP contribution in [0.1, 0.15) is 23.3 Å². The Labute approximate surface area is 152 Å². The van der Waals surface area contributed by atoms with Crippen LogP contribution < -0.4 is 16.4 Å². The molecule has 0 aliphatic carbocycles. The monoisotopic (exact) mass is 353 g/mol. The van der Waals surface area contributed by atoms with E-state index in [1.54, 1.807) is 12.3 Å². The number of likely N-dealkylation sites (tertiary alicyclic amines) is 1. The topological polar surface area (TPSA) is 100 Å². The Kier molecular flexibility index (Phi) is 5.80. The predicted molar refractivity (Wildman–Crippen MR) is 101 cm³/mol. The van der Waals surface area contributed by atoms with E-state index in [0.29, 0.717) is 12.6 Å². The second-order valence-corrected chi connectivity index (χ2v) is 6.40. The summed E-state index contributed by atoms with van der Waals surface area (Å²) >= 11 is 0. The molecule has 26 heavy (non-hydrogen) atoms. The Morgan fingerprint density at radius 3 is 2.54 bits per heavy atom. The molecule has 0 saturated carbocycles. The molecule has 2 heterocycles. The average molecular weight is 353 g/mol. The SMILES string of the molecule is NC(=O)c1cc(NC2CCN(CC(=O)Nc3ccccc3)CC2)ccn1. The summed E-state index contributed by atoms with van der Waals surface area (Å²) in [6.45, 7) is 2.07. The number of piperidine rings is 1. The number of carbonyl (C=O) groups excluding carboxylic acids is 2. The number of nitrogens with zero attached hydrogens (tertiary/aromatic N) is 2. The third-order valence-corrected chi connectivity index (χ3v) is 4.40. The van der Waals surface area contributed by atoms with Gasteiger partial charge in [0.25, 0.3) is 5.91 Å². The molecule has 1 aliphatic heterocycles. The second kappa shape index (κ2) is 8.44. The molecular formula is C19H23N5O2. The normalized spacial score (nSPS) is 15.4. The number of anilines is 2. The summed E-state index contributed by atoms with van der Waals surface area (Å²) in [5, 5.41) is 6.32. The van der Waals surface area contributed by atoms with Crippen molar-refractivity contribution in [3.05, 3.63) is 54.4 Å². The maximum atomic E-state index is 12.1. The van der Waals surface area contributed by atoms with Gasteiger partial charge in [0.15, 0.2) is 0 Å². The van der Waals surface area contributed by atoms with E-state index in [1.165, 1.54) is 0 Å². The minimum absolute atomic E-state index is 0.00263. The van der Waals surface area contributed by atoms with E-state index in [2.05, 4.69) is 20.5 Å². The van der Waals surface area contributed by atoms with Crippen molar-refractivity contribution >= 4 is 23.2 Å². The van der Waals surface area contributed by atoms with Crippen molar-refractivity contribution in [2.24, 2.45) is 5.73 Å². The molecule has 0 atom stereocenters. The van der Waals surface area contributed by atoms with Gasteiger partial charge >= 0.3 is 0 Å². The number of primary amides is 1. The second-order valence-electron chi connectivity index (χ2n) is 6.40. The molecule has 7 nitrogen and oxygen atoms in total. The average Bonchev–Trinajstić information content (AvgIpc) is 2.64. The standard InChI is InChI=1S/C19H23N5O2/c20-19(26)17-12-16(6-9-21-17)22-15-7-10-24(11-8-15)13-18(25)23-14-4-2-1-3-5-14/h1-6,9,12,15H,7-8,10-11,13H2,(H2,20,26)(H,21,22)(H,23,25). The van der Waals surface area contributed by atoms with Crippen molar-refractivity contribution in [3.63, 3.8) is 0 Å². The molecule has 1 aromatic heterocycles. The van der Waals surface area contributed by atoms with Crippen LogP contribution in [0.4, 0.5) is 11.4 Å². The third kappa shape index (κ3) is 5.03. The Morgan fingerprint density at radius 2 is 1.85 bits per heavy atom. The quantitative estimate of drug-likeness (QED) is 0.734. The van der Waals surface area contributed by atoms with E-state index in [1.807, 2.05) is 36.4 Å². The number of pyridine rings is 1. The number of hydrogen-bond acceptors (Lipinski definition) is 5. The molecule has 1 fully saturated rings. The lowest BCUT2D eigenvalue weighted by molar-refractivity contribution is -0.117. The summed E-state index contributed by atoms with van der Waals surface area (Å²) in [7, 11) is 0. The van der Waals surface area contributed by atoms with Gasteiger partial charge in [-0.15, -0.1) is 0 Å². The first kappa shape index (κ1) is 17.9. The highest BCUT2D eigenvalue weighted by atomic mass is 16.2. The van der Waals surface area contributed by atoms with Gasteiger partial charge in [-0.05, 0) is 37.1 Å². The van der Waals surface area contributed by atoms with Crippen molar-refractivity contribution in [1.29, 1.82) is 0 Å². The summed E-state index contributed by atoms with van der Waals surface area (Å²) in [4.78, 5) is 29.4. The van der Waals surface area contributed by atoms with E-state index in [0.717, 1.165) is 37.3 Å². The third-order valence-electron chi connectivity index (χ3n) is 4.40. The molecule has 3 rings (SSSR count). The molecule has 0 spiro atoms. The molecule has 136 valence electrons. The largest absolute Gasteiger partial charge is 0.382 e. The van der Waals surface area contributed by atoms with Gasteiger partial charge in [-0.25, -0.2) is 0 Å². The first-order chi connectivity index (χ1) is 12.6. The van der Waals surface area contributed by atoms with Gasteiger partial charge in [0, 0.05) is 36.7 Å². The Bertz CT molecular complexity index is 758. The molecule has 1 saturated heterocycles. The number of benzene rings is 1. The van der Waals surface area contributed by atoms with Crippen LogP contribution in [0.25, 0.3) is 0 Å². The fourth-order valence-corrected chi connectivity index (χ4v) is 3.05. The van der Waals surface area contributed by atoms with Gasteiger partial charge in [0.05, 0.1) is 6.54 Å². The molecule has 4 N–H and O–H groups in total. The van der Waals surface area contributed by atoms with Gasteiger partial charge in [-0.2, -0.15) is 0 Å². The number of nitrogens with two attached hydrogens (primary N) is 1. The predicted octanol–water partition coefficient (Wildman–Crippen LogP) is 1.70. The van der Waals surface area contributed by atoms with Gasteiger partial charge in [-0.3, -0.25) is 19.5 Å². The van der Waals surface area contributed by atoms with E-state index in [9.17, 15) is 9.59 Å². The molecule has 2 amide bonds. The lowest BCUT2D eigenvalue weighted by atomic mass is 10.0. The summed E-state index contributed by atoms with van der Waals surface area (Å²) in [6, 6.07) is 13.3. The number of para-hydroxylation sites is 1. The summed E-state index contributed by atoms with van der Waals surface area (Å²) in [5.74, 6) is -0.532. The number of amides is 2. The molecule has 2 aromatic rings. The van der Waals surface area contributed by atoms with Crippen LogP contribution in [-0.4, -0.2) is 47.4 Å². The Balaban J connectivity index is 1.45. The van der Waals surface area contributed by atoms with Crippen LogP contribution in [0, 0.1) is 0 Å². The smallest absolute Gasteiger partial charge is 0.267 e. The van der Waals surface area contributed by atoms with Crippen molar-refractivity contribution in [1.82, 2.24) is 9.88 Å². The highest BCUT2D eigenvalue weighted by Crippen LogP contribution is 2.17. The van der Waals surface area contributed by atoms with E-state index in [4.69, 9.17) is 5.73 Å². The molecule has 0 radical (unpaired) electrons. The van der Waals surface area contributed by atoms with Gasteiger partial charge < -0.3 is 16.4 Å². The van der Waals surface area contributed by atoms with E-state index >= 15 is 0 Å². The van der Waals surface area contributed by atoms with E-state index in [-0.39, 0.29) is 11.6 Å². The zero-order valence-electron chi connectivity index (χ0n) is 14.5. The van der Waals surface area contributed by atoms with Crippen LogP contribution in [0.2, 0.25) is 0 Å².